The molecule has 0 aromatic rings. The van der Waals surface area contributed by atoms with E-state index in [4.69, 9.17) is 4.74 Å². The molecule has 2 amide bonds. The van der Waals surface area contributed by atoms with Crippen LogP contribution in [0.2, 0.25) is 0 Å². The molecular formula is C20H34N2O4. The molecule has 1 fully saturated rings. The highest BCUT2D eigenvalue weighted by molar-refractivity contribution is 5.88. The van der Waals surface area contributed by atoms with Crippen molar-refractivity contribution in [2.45, 2.75) is 71.9 Å². The van der Waals surface area contributed by atoms with Gasteiger partial charge in [0.1, 0.15) is 6.04 Å². The second-order valence-corrected chi connectivity index (χ2v) is 7.41. The van der Waals surface area contributed by atoms with Gasteiger partial charge in [-0.3, -0.25) is 9.59 Å². The van der Waals surface area contributed by atoms with Gasteiger partial charge in [0.2, 0.25) is 12.3 Å². The Balaban J connectivity index is 2.98. The Morgan fingerprint density at radius 1 is 1.23 bits per heavy atom. The van der Waals surface area contributed by atoms with Crippen LogP contribution in [0.5, 0.6) is 0 Å². The van der Waals surface area contributed by atoms with Crippen LogP contribution in [-0.4, -0.2) is 48.9 Å². The summed E-state index contributed by atoms with van der Waals surface area (Å²) in [5.41, 5.74) is 0.489. The van der Waals surface area contributed by atoms with Gasteiger partial charge in [-0.25, -0.2) is 4.79 Å². The average molecular weight is 367 g/mol. The van der Waals surface area contributed by atoms with E-state index in [0.29, 0.717) is 18.6 Å². The zero-order valence-corrected chi connectivity index (χ0v) is 16.8. The molecule has 26 heavy (non-hydrogen) atoms. The van der Waals surface area contributed by atoms with Crippen LogP contribution in [0, 0.1) is 11.8 Å². The Morgan fingerprint density at radius 3 is 2.35 bits per heavy atom. The minimum atomic E-state index is -0.504. The van der Waals surface area contributed by atoms with Crippen LogP contribution >= 0.6 is 0 Å². The minimum absolute atomic E-state index is 0.101. The van der Waals surface area contributed by atoms with Gasteiger partial charge in [-0.15, -0.1) is 0 Å². The molecule has 0 aliphatic heterocycles. The van der Waals surface area contributed by atoms with Crippen LogP contribution in [0.25, 0.3) is 0 Å². The summed E-state index contributed by atoms with van der Waals surface area (Å²) in [6.45, 7) is 7.80. The van der Waals surface area contributed by atoms with E-state index >= 15 is 0 Å². The molecule has 1 aliphatic carbocycles. The summed E-state index contributed by atoms with van der Waals surface area (Å²) >= 11 is 0. The van der Waals surface area contributed by atoms with E-state index in [1.54, 1.807) is 31.9 Å². The van der Waals surface area contributed by atoms with Crippen LogP contribution in [-0.2, 0) is 19.1 Å². The first kappa shape index (κ1) is 22.2. The third-order valence-corrected chi connectivity index (χ3v) is 5.13. The number of esters is 1. The Kier molecular flexibility index (Phi) is 9.38. The number of carbonyl (C=O) groups is 3. The molecule has 6 nitrogen and oxygen atoms in total. The molecule has 0 spiro atoms. The predicted molar refractivity (Wildman–Crippen MR) is 101 cm³/mol. The van der Waals surface area contributed by atoms with Gasteiger partial charge in [0.15, 0.2) is 0 Å². The highest BCUT2D eigenvalue weighted by atomic mass is 16.5. The maximum Gasteiger partial charge on any atom is 0.333 e. The fourth-order valence-corrected chi connectivity index (χ4v) is 3.64. The van der Waals surface area contributed by atoms with Crippen molar-refractivity contribution < 1.29 is 19.1 Å². The van der Waals surface area contributed by atoms with E-state index in [1.807, 2.05) is 13.8 Å². The van der Waals surface area contributed by atoms with E-state index in [9.17, 15) is 14.4 Å². The molecular weight excluding hydrogens is 332 g/mol. The second kappa shape index (κ2) is 11.0. The molecule has 0 radical (unpaired) electrons. The van der Waals surface area contributed by atoms with E-state index in [0.717, 1.165) is 25.7 Å². The number of likely N-dealkylation sites (N-methyl/N-ethyl adjacent to an activating group) is 1. The molecule has 1 aliphatic rings. The molecule has 1 N–H and O–H groups in total. The third-order valence-electron chi connectivity index (χ3n) is 5.13. The largest absolute Gasteiger partial charge is 0.463 e. The molecule has 1 unspecified atom stereocenters. The summed E-state index contributed by atoms with van der Waals surface area (Å²) in [6.07, 6.45) is 7.69. The lowest BCUT2D eigenvalue weighted by atomic mass is 9.83. The predicted octanol–water partition coefficient (Wildman–Crippen LogP) is 2.67. The molecule has 0 saturated heterocycles. The van der Waals surface area contributed by atoms with Crippen molar-refractivity contribution in [2.24, 2.45) is 11.8 Å². The minimum Gasteiger partial charge on any atom is -0.463 e. The highest BCUT2D eigenvalue weighted by Crippen LogP contribution is 2.28. The van der Waals surface area contributed by atoms with E-state index in [2.05, 4.69) is 5.32 Å². The molecule has 0 bridgehead atoms. The van der Waals surface area contributed by atoms with Crippen molar-refractivity contribution in [3.8, 4) is 0 Å². The number of hydrogen-bond acceptors (Lipinski definition) is 4. The number of nitrogens with zero attached hydrogens (tertiary/aromatic N) is 1. The van der Waals surface area contributed by atoms with Crippen LogP contribution in [0.15, 0.2) is 11.6 Å². The highest BCUT2D eigenvalue weighted by Gasteiger charge is 2.34. The lowest BCUT2D eigenvalue weighted by Crippen LogP contribution is -2.52. The van der Waals surface area contributed by atoms with Crippen molar-refractivity contribution in [2.75, 3.05) is 13.7 Å². The van der Waals surface area contributed by atoms with Crippen LogP contribution < -0.4 is 5.32 Å². The molecule has 0 heterocycles. The maximum atomic E-state index is 13.1. The number of hydrogen-bond donors (Lipinski definition) is 1. The summed E-state index contributed by atoms with van der Waals surface area (Å²) in [7, 11) is 1.74. The fraction of sp³-hybridized carbons (Fsp3) is 0.750. The number of nitrogens with one attached hydrogen (secondary N) is 1. The summed E-state index contributed by atoms with van der Waals surface area (Å²) < 4.78 is 5.04. The van der Waals surface area contributed by atoms with Gasteiger partial charge in [0, 0.05) is 12.6 Å². The summed E-state index contributed by atoms with van der Waals surface area (Å²) in [5.74, 6) is -0.173. The van der Waals surface area contributed by atoms with E-state index < -0.39 is 6.04 Å². The monoisotopic (exact) mass is 366 g/mol. The summed E-state index contributed by atoms with van der Waals surface area (Å²) in [5, 5.41) is 2.74. The number of carbonyl (C=O) groups excluding carboxylic acids is 3. The third kappa shape index (κ3) is 6.15. The Hall–Kier alpha value is -1.85. The number of amides is 2. The lowest BCUT2D eigenvalue weighted by Gasteiger charge is -2.36. The molecule has 148 valence electrons. The van der Waals surface area contributed by atoms with Crippen LogP contribution in [0.4, 0.5) is 0 Å². The fourth-order valence-electron chi connectivity index (χ4n) is 3.64. The van der Waals surface area contributed by atoms with Crippen molar-refractivity contribution in [1.29, 1.82) is 0 Å². The zero-order valence-electron chi connectivity index (χ0n) is 16.8. The van der Waals surface area contributed by atoms with E-state index in [1.165, 1.54) is 6.42 Å². The smallest absolute Gasteiger partial charge is 0.333 e. The Labute approximate surface area is 157 Å². The standard InChI is InChI=1S/C20H34N2O4/c1-6-26-20(25)15(4)12-17(14(2)3)22(5)19(24)18(21-13-23)16-10-8-7-9-11-16/h12-14,16-18H,6-11H2,1-5H3,(H,21,23)/b15-12+/t17?,18-/m1/s1. The molecule has 1 saturated carbocycles. The van der Waals surface area contributed by atoms with Gasteiger partial charge in [-0.2, -0.15) is 0 Å². The van der Waals surface area contributed by atoms with Crippen LogP contribution in [0.3, 0.4) is 0 Å². The Morgan fingerprint density at radius 2 is 1.85 bits per heavy atom. The molecule has 0 aromatic heterocycles. The first-order chi connectivity index (χ1) is 12.3. The summed E-state index contributed by atoms with van der Waals surface area (Å²) in [6, 6.07) is -0.748. The first-order valence-corrected chi connectivity index (χ1v) is 9.65. The van der Waals surface area contributed by atoms with Gasteiger partial charge in [-0.05, 0) is 38.5 Å². The topological polar surface area (TPSA) is 75.7 Å². The quantitative estimate of drug-likeness (QED) is 0.387. The van der Waals surface area contributed by atoms with Gasteiger partial charge >= 0.3 is 5.97 Å². The average Bonchev–Trinajstić information content (AvgIpc) is 2.63. The van der Waals surface area contributed by atoms with Gasteiger partial charge < -0.3 is 15.0 Å². The number of rotatable bonds is 9. The lowest BCUT2D eigenvalue weighted by molar-refractivity contribution is -0.139. The van der Waals surface area contributed by atoms with E-state index in [-0.39, 0.29) is 29.8 Å². The van der Waals surface area contributed by atoms with Gasteiger partial charge in [-0.1, -0.05) is 39.2 Å². The van der Waals surface area contributed by atoms with Crippen molar-refractivity contribution in [3.05, 3.63) is 11.6 Å². The maximum absolute atomic E-state index is 13.1. The van der Waals surface area contributed by atoms with Gasteiger partial charge in [0.05, 0.1) is 12.6 Å². The van der Waals surface area contributed by atoms with Crippen molar-refractivity contribution in [3.63, 3.8) is 0 Å². The SMILES string of the molecule is CCOC(=O)/C(C)=C/C(C(C)C)N(C)C(=O)[C@H](NC=O)C1CCCCC1. The second-order valence-electron chi connectivity index (χ2n) is 7.41. The zero-order chi connectivity index (χ0) is 19.7. The summed E-state index contributed by atoms with van der Waals surface area (Å²) in [4.78, 5) is 37.8. The normalized spacial score (nSPS) is 18.2. The molecule has 2 atom stereocenters. The van der Waals surface area contributed by atoms with Crippen molar-refractivity contribution >= 4 is 18.3 Å². The van der Waals surface area contributed by atoms with Gasteiger partial charge in [0.25, 0.3) is 0 Å². The van der Waals surface area contributed by atoms with Crippen LogP contribution in [0.1, 0.15) is 59.8 Å². The molecule has 0 aromatic carbocycles. The first-order valence-electron chi connectivity index (χ1n) is 9.65. The molecule has 6 heteroatoms. The number of ether oxygens (including phenoxy) is 1. The van der Waals surface area contributed by atoms with Crippen molar-refractivity contribution in [1.82, 2.24) is 10.2 Å². The molecule has 1 rings (SSSR count). The Bertz CT molecular complexity index is 510.